The first-order valence-corrected chi connectivity index (χ1v) is 6.10. The molecule has 0 saturated heterocycles. The van der Waals surface area contributed by atoms with Gasteiger partial charge in [0.05, 0.1) is 11.3 Å². The Labute approximate surface area is 121 Å². The van der Waals surface area contributed by atoms with E-state index in [0.717, 1.165) is 12.1 Å². The molecule has 0 aliphatic carbocycles. The van der Waals surface area contributed by atoms with E-state index in [4.69, 9.17) is 5.11 Å². The van der Waals surface area contributed by atoms with Crippen LogP contribution >= 0.6 is 38.5 Å². The first-order valence-electron chi connectivity index (χ1n) is 4.23. The molecule has 1 amide bonds. The SMILES string of the molecule is O=C(O)c1cc(Br)c(NC(=O)C(F)(F)F)c(I)c1. The molecule has 1 rings (SSSR count). The van der Waals surface area contributed by atoms with E-state index in [0.29, 0.717) is 0 Å². The van der Waals surface area contributed by atoms with Gasteiger partial charge < -0.3 is 10.4 Å². The lowest BCUT2D eigenvalue weighted by atomic mass is 10.2. The standard InChI is InChI=1S/C9H4BrF3INO3/c10-4-1-3(7(16)17)2-5(14)6(4)15-8(18)9(11,12)13/h1-2H,(H,15,18)(H,16,17). The van der Waals surface area contributed by atoms with Crippen LogP contribution in [0.1, 0.15) is 10.4 Å². The van der Waals surface area contributed by atoms with Crippen molar-refractivity contribution in [2.24, 2.45) is 0 Å². The number of anilines is 1. The highest BCUT2D eigenvalue weighted by molar-refractivity contribution is 14.1. The first-order chi connectivity index (χ1) is 8.12. The van der Waals surface area contributed by atoms with E-state index in [1.54, 1.807) is 27.9 Å². The number of amides is 1. The van der Waals surface area contributed by atoms with Gasteiger partial charge in [-0.05, 0) is 50.7 Å². The van der Waals surface area contributed by atoms with E-state index in [9.17, 15) is 22.8 Å². The number of carbonyl (C=O) groups is 2. The molecule has 0 saturated carbocycles. The summed E-state index contributed by atoms with van der Waals surface area (Å²) in [6, 6.07) is 2.26. The van der Waals surface area contributed by atoms with E-state index in [2.05, 4.69) is 15.9 Å². The van der Waals surface area contributed by atoms with Crippen LogP contribution < -0.4 is 5.32 Å². The fraction of sp³-hybridized carbons (Fsp3) is 0.111. The van der Waals surface area contributed by atoms with Gasteiger partial charge in [-0.1, -0.05) is 0 Å². The minimum absolute atomic E-state index is 0.0596. The summed E-state index contributed by atoms with van der Waals surface area (Å²) in [5, 5.41) is 10.4. The van der Waals surface area contributed by atoms with E-state index in [1.165, 1.54) is 0 Å². The second kappa shape index (κ2) is 5.43. The quantitative estimate of drug-likeness (QED) is 0.698. The molecule has 0 bridgehead atoms. The molecule has 1 aromatic rings. The van der Waals surface area contributed by atoms with Crippen molar-refractivity contribution in [2.75, 3.05) is 5.32 Å². The van der Waals surface area contributed by atoms with Crippen molar-refractivity contribution in [3.8, 4) is 0 Å². The maximum atomic E-state index is 12.1. The number of hydrogen-bond donors (Lipinski definition) is 2. The Kier molecular flexibility index (Phi) is 4.59. The number of rotatable bonds is 2. The number of benzene rings is 1. The van der Waals surface area contributed by atoms with Gasteiger partial charge in [0.25, 0.3) is 0 Å². The molecule has 1 aromatic carbocycles. The highest BCUT2D eigenvalue weighted by Gasteiger charge is 2.39. The monoisotopic (exact) mass is 437 g/mol. The lowest BCUT2D eigenvalue weighted by molar-refractivity contribution is -0.167. The maximum absolute atomic E-state index is 12.1. The molecule has 0 fully saturated rings. The molecule has 0 unspecified atom stereocenters. The number of carbonyl (C=O) groups excluding carboxylic acids is 1. The lowest BCUT2D eigenvalue weighted by Crippen LogP contribution is -2.30. The van der Waals surface area contributed by atoms with Crippen molar-refractivity contribution < 1.29 is 27.9 Å². The molecule has 0 spiro atoms. The topological polar surface area (TPSA) is 66.4 Å². The molecular formula is C9H4BrF3INO3. The third kappa shape index (κ3) is 3.57. The summed E-state index contributed by atoms with van der Waals surface area (Å²) in [5.74, 6) is -3.34. The van der Waals surface area contributed by atoms with Gasteiger partial charge in [0.15, 0.2) is 0 Å². The summed E-state index contributed by atoms with van der Waals surface area (Å²) >= 11 is 4.54. The van der Waals surface area contributed by atoms with Crippen molar-refractivity contribution >= 4 is 56.1 Å². The number of hydrogen-bond acceptors (Lipinski definition) is 2. The van der Waals surface area contributed by atoms with Crippen molar-refractivity contribution in [1.82, 2.24) is 0 Å². The third-order valence-corrected chi connectivity index (χ3v) is 3.26. The average molecular weight is 438 g/mol. The minimum Gasteiger partial charge on any atom is -0.478 e. The predicted molar refractivity (Wildman–Crippen MR) is 68.5 cm³/mol. The summed E-state index contributed by atoms with van der Waals surface area (Å²) < 4.78 is 36.5. The van der Waals surface area contributed by atoms with Crippen molar-refractivity contribution in [1.29, 1.82) is 0 Å². The molecule has 0 atom stereocenters. The first kappa shape index (κ1) is 15.2. The van der Waals surface area contributed by atoms with Crippen LogP contribution in [-0.2, 0) is 4.79 Å². The van der Waals surface area contributed by atoms with Crippen LogP contribution in [0.2, 0.25) is 0 Å². The van der Waals surface area contributed by atoms with Crippen LogP contribution in [0.3, 0.4) is 0 Å². The highest BCUT2D eigenvalue weighted by Crippen LogP contribution is 2.31. The van der Waals surface area contributed by atoms with E-state index >= 15 is 0 Å². The molecule has 2 N–H and O–H groups in total. The molecule has 9 heteroatoms. The van der Waals surface area contributed by atoms with Gasteiger partial charge in [-0.2, -0.15) is 13.2 Å². The Morgan fingerprint density at radius 1 is 1.33 bits per heavy atom. The largest absolute Gasteiger partial charge is 0.478 e. The Morgan fingerprint density at radius 2 is 1.89 bits per heavy atom. The average Bonchev–Trinajstić information content (AvgIpc) is 2.21. The van der Waals surface area contributed by atoms with Crippen LogP contribution in [0, 0.1) is 3.57 Å². The Hall–Kier alpha value is -0.840. The minimum atomic E-state index is -5.01. The summed E-state index contributed by atoms with van der Waals surface area (Å²) in [6.45, 7) is 0. The van der Waals surface area contributed by atoms with Crippen molar-refractivity contribution in [2.45, 2.75) is 6.18 Å². The maximum Gasteiger partial charge on any atom is 0.471 e. The highest BCUT2D eigenvalue weighted by atomic mass is 127. The number of carboxylic acids is 1. The smallest absolute Gasteiger partial charge is 0.471 e. The second-order valence-electron chi connectivity index (χ2n) is 3.07. The van der Waals surface area contributed by atoms with Crippen molar-refractivity contribution in [3.63, 3.8) is 0 Å². The van der Waals surface area contributed by atoms with E-state index < -0.39 is 18.1 Å². The van der Waals surface area contributed by atoms with Crippen LogP contribution in [0.4, 0.5) is 18.9 Å². The Bertz CT molecular complexity index is 495. The van der Waals surface area contributed by atoms with Gasteiger partial charge in [-0.25, -0.2) is 4.79 Å². The molecular weight excluding hydrogens is 434 g/mol. The van der Waals surface area contributed by atoms with Gasteiger partial charge in [0, 0.05) is 8.04 Å². The van der Waals surface area contributed by atoms with Gasteiger partial charge in [0.1, 0.15) is 0 Å². The van der Waals surface area contributed by atoms with Crippen LogP contribution in [0.25, 0.3) is 0 Å². The molecule has 0 heterocycles. The lowest BCUT2D eigenvalue weighted by Gasteiger charge is -2.12. The molecule has 0 aromatic heterocycles. The van der Waals surface area contributed by atoms with Crippen LogP contribution in [0.5, 0.6) is 0 Å². The predicted octanol–water partition coefficient (Wildman–Crippen LogP) is 3.25. The normalized spacial score (nSPS) is 11.2. The zero-order chi connectivity index (χ0) is 14.1. The molecule has 4 nitrogen and oxygen atoms in total. The summed E-state index contributed by atoms with van der Waals surface area (Å²) in [7, 11) is 0. The van der Waals surface area contributed by atoms with Gasteiger partial charge in [0.2, 0.25) is 0 Å². The fourth-order valence-corrected chi connectivity index (χ4v) is 2.69. The number of alkyl halides is 3. The summed E-state index contributed by atoms with van der Waals surface area (Å²) in [4.78, 5) is 21.5. The molecule has 0 aliphatic rings. The second-order valence-corrected chi connectivity index (χ2v) is 5.09. The van der Waals surface area contributed by atoms with Gasteiger partial charge in [-0.3, -0.25) is 4.79 Å². The number of aromatic carboxylic acids is 1. The van der Waals surface area contributed by atoms with Crippen molar-refractivity contribution in [3.05, 3.63) is 25.7 Å². The molecule has 18 heavy (non-hydrogen) atoms. The van der Waals surface area contributed by atoms with E-state index in [-0.39, 0.29) is 19.3 Å². The molecule has 0 radical (unpaired) electrons. The zero-order valence-corrected chi connectivity index (χ0v) is 12.1. The fourth-order valence-electron chi connectivity index (χ4n) is 1.00. The number of nitrogens with one attached hydrogen (secondary N) is 1. The van der Waals surface area contributed by atoms with Gasteiger partial charge >= 0.3 is 18.1 Å². The van der Waals surface area contributed by atoms with E-state index in [1.807, 2.05) is 0 Å². The zero-order valence-electron chi connectivity index (χ0n) is 8.31. The number of halogens is 5. The number of carboxylic acid groups (broad SMARTS) is 1. The summed E-state index contributed by atoms with van der Waals surface area (Å²) in [5.41, 5.74) is -0.223. The molecule has 98 valence electrons. The third-order valence-electron chi connectivity index (χ3n) is 1.79. The van der Waals surface area contributed by atoms with Gasteiger partial charge in [-0.15, -0.1) is 0 Å². The Morgan fingerprint density at radius 3 is 2.28 bits per heavy atom. The summed E-state index contributed by atoms with van der Waals surface area (Å²) in [6.07, 6.45) is -5.01. The molecule has 0 aliphatic heterocycles. The van der Waals surface area contributed by atoms with Crippen LogP contribution in [0.15, 0.2) is 16.6 Å². The Balaban J connectivity index is 3.12. The van der Waals surface area contributed by atoms with Crippen LogP contribution in [-0.4, -0.2) is 23.2 Å².